The maximum Gasteiger partial charge on any atom is 0.305 e. The van der Waals surface area contributed by atoms with Crippen molar-refractivity contribution in [3.05, 3.63) is 65.2 Å². The lowest BCUT2D eigenvalue weighted by atomic mass is 10.1. The lowest BCUT2D eigenvalue weighted by Gasteiger charge is -2.12. The molecule has 0 aliphatic rings. The van der Waals surface area contributed by atoms with Crippen LogP contribution >= 0.6 is 0 Å². The van der Waals surface area contributed by atoms with E-state index < -0.39 is 12.0 Å². The van der Waals surface area contributed by atoms with Crippen LogP contribution in [0.25, 0.3) is 0 Å². The molecule has 0 radical (unpaired) electrons. The molecule has 5 heteroatoms. The molecular weight excluding hydrogens is 318 g/mol. The van der Waals surface area contributed by atoms with Crippen LogP contribution in [-0.2, 0) is 22.6 Å². The van der Waals surface area contributed by atoms with Crippen LogP contribution < -0.4 is 10.1 Å². The topological polar surface area (TPSA) is 75.6 Å². The Balaban J connectivity index is 1.91. The Labute approximate surface area is 147 Å². The van der Waals surface area contributed by atoms with Gasteiger partial charge in [0.1, 0.15) is 12.4 Å². The number of benzene rings is 2. The van der Waals surface area contributed by atoms with E-state index in [1.165, 1.54) is 5.56 Å². The SMILES string of the molecule is Cc1ccccc1COc1cccc(CC(=O)NC(C)CC(=O)O)c1. The summed E-state index contributed by atoms with van der Waals surface area (Å²) in [5.74, 6) is -0.434. The molecule has 0 aromatic heterocycles. The van der Waals surface area contributed by atoms with E-state index in [0.717, 1.165) is 11.1 Å². The average Bonchev–Trinajstić information content (AvgIpc) is 2.53. The predicted octanol–water partition coefficient (Wildman–Crippen LogP) is 3.10. The highest BCUT2D eigenvalue weighted by Gasteiger charge is 2.11. The van der Waals surface area contributed by atoms with Gasteiger partial charge in [0.2, 0.25) is 5.91 Å². The zero-order valence-corrected chi connectivity index (χ0v) is 14.5. The molecule has 5 nitrogen and oxygen atoms in total. The number of hydrogen-bond donors (Lipinski definition) is 2. The minimum Gasteiger partial charge on any atom is -0.489 e. The van der Waals surface area contributed by atoms with Gasteiger partial charge in [-0.25, -0.2) is 0 Å². The first-order valence-electron chi connectivity index (χ1n) is 8.21. The number of carboxylic acids is 1. The fraction of sp³-hybridized carbons (Fsp3) is 0.300. The van der Waals surface area contributed by atoms with Gasteiger partial charge < -0.3 is 15.2 Å². The molecule has 132 valence electrons. The van der Waals surface area contributed by atoms with Crippen molar-refractivity contribution in [3.8, 4) is 5.75 Å². The number of aliphatic carboxylic acids is 1. The molecule has 0 spiro atoms. The van der Waals surface area contributed by atoms with Crippen LogP contribution in [0.5, 0.6) is 5.75 Å². The molecular formula is C20H23NO4. The third kappa shape index (κ3) is 6.30. The highest BCUT2D eigenvalue weighted by molar-refractivity contribution is 5.79. The zero-order valence-electron chi connectivity index (χ0n) is 14.5. The first-order valence-corrected chi connectivity index (χ1v) is 8.21. The van der Waals surface area contributed by atoms with Crippen molar-refractivity contribution in [2.45, 2.75) is 39.3 Å². The molecule has 1 unspecified atom stereocenters. The Morgan fingerprint density at radius 2 is 1.92 bits per heavy atom. The largest absolute Gasteiger partial charge is 0.489 e. The Hall–Kier alpha value is -2.82. The van der Waals surface area contributed by atoms with Gasteiger partial charge in [-0.3, -0.25) is 9.59 Å². The standard InChI is InChI=1S/C20H23NO4/c1-14-6-3-4-8-17(14)13-25-18-9-5-7-16(11-18)12-19(22)21-15(2)10-20(23)24/h3-9,11,15H,10,12-13H2,1-2H3,(H,21,22)(H,23,24). The molecule has 1 atom stereocenters. The lowest BCUT2D eigenvalue weighted by Crippen LogP contribution is -2.35. The second kappa shape index (κ2) is 8.87. The maximum absolute atomic E-state index is 12.0. The van der Waals surface area contributed by atoms with Crippen molar-refractivity contribution in [1.82, 2.24) is 5.32 Å². The molecule has 0 fully saturated rings. The lowest BCUT2D eigenvalue weighted by molar-refractivity contribution is -0.137. The van der Waals surface area contributed by atoms with Crippen molar-refractivity contribution in [2.75, 3.05) is 0 Å². The van der Waals surface area contributed by atoms with Gasteiger partial charge in [0.25, 0.3) is 0 Å². The van der Waals surface area contributed by atoms with Gasteiger partial charge in [0, 0.05) is 6.04 Å². The average molecular weight is 341 g/mol. The number of hydrogen-bond acceptors (Lipinski definition) is 3. The molecule has 0 bridgehead atoms. The summed E-state index contributed by atoms with van der Waals surface area (Å²) in [7, 11) is 0. The smallest absolute Gasteiger partial charge is 0.305 e. The summed E-state index contributed by atoms with van der Waals surface area (Å²) in [5, 5.41) is 11.4. The maximum atomic E-state index is 12.0. The Morgan fingerprint density at radius 1 is 1.16 bits per heavy atom. The molecule has 2 aromatic rings. The summed E-state index contributed by atoms with van der Waals surface area (Å²) in [4.78, 5) is 22.6. The van der Waals surface area contributed by atoms with Gasteiger partial charge in [-0.1, -0.05) is 36.4 Å². The number of ether oxygens (including phenoxy) is 1. The molecule has 1 amide bonds. The Morgan fingerprint density at radius 3 is 2.64 bits per heavy atom. The number of rotatable bonds is 8. The monoisotopic (exact) mass is 341 g/mol. The summed E-state index contributed by atoms with van der Waals surface area (Å²) in [5.41, 5.74) is 3.11. The fourth-order valence-electron chi connectivity index (χ4n) is 2.50. The van der Waals surface area contributed by atoms with E-state index in [-0.39, 0.29) is 18.7 Å². The van der Waals surface area contributed by atoms with Crippen LogP contribution in [0.15, 0.2) is 48.5 Å². The second-order valence-electron chi connectivity index (χ2n) is 6.11. The third-order valence-corrected chi connectivity index (χ3v) is 3.81. The third-order valence-electron chi connectivity index (χ3n) is 3.81. The summed E-state index contributed by atoms with van der Waals surface area (Å²) in [6.07, 6.45) is 0.0941. The first-order chi connectivity index (χ1) is 11.9. The normalized spacial score (nSPS) is 11.6. The van der Waals surface area contributed by atoms with Crippen molar-refractivity contribution in [2.24, 2.45) is 0 Å². The number of nitrogens with one attached hydrogen (secondary N) is 1. The number of carbonyl (C=O) groups is 2. The number of carbonyl (C=O) groups excluding carboxylic acids is 1. The number of aryl methyl sites for hydroxylation is 1. The van der Waals surface area contributed by atoms with E-state index in [2.05, 4.69) is 5.32 Å². The number of carboxylic acid groups (broad SMARTS) is 1. The Bertz CT molecular complexity index is 742. The molecule has 0 heterocycles. The quantitative estimate of drug-likeness (QED) is 0.774. The van der Waals surface area contributed by atoms with Crippen LogP contribution in [0, 0.1) is 6.92 Å². The van der Waals surface area contributed by atoms with Gasteiger partial charge >= 0.3 is 5.97 Å². The second-order valence-corrected chi connectivity index (χ2v) is 6.11. The highest BCUT2D eigenvalue weighted by Crippen LogP contribution is 2.17. The van der Waals surface area contributed by atoms with E-state index in [9.17, 15) is 9.59 Å². The van der Waals surface area contributed by atoms with E-state index in [1.54, 1.807) is 6.92 Å². The van der Waals surface area contributed by atoms with Crippen LogP contribution in [0.3, 0.4) is 0 Å². The van der Waals surface area contributed by atoms with Gasteiger partial charge in [0.05, 0.1) is 12.8 Å². The minimum atomic E-state index is -0.931. The van der Waals surface area contributed by atoms with Gasteiger partial charge in [-0.2, -0.15) is 0 Å². The van der Waals surface area contributed by atoms with Crippen LogP contribution in [0.1, 0.15) is 30.0 Å². The predicted molar refractivity (Wildman–Crippen MR) is 95.5 cm³/mol. The molecule has 2 rings (SSSR count). The van der Waals surface area contributed by atoms with E-state index in [1.807, 2.05) is 55.5 Å². The highest BCUT2D eigenvalue weighted by atomic mass is 16.5. The molecule has 2 aromatic carbocycles. The summed E-state index contributed by atoms with van der Waals surface area (Å²) < 4.78 is 5.82. The van der Waals surface area contributed by atoms with E-state index >= 15 is 0 Å². The summed E-state index contributed by atoms with van der Waals surface area (Å²) in [6, 6.07) is 15.0. The van der Waals surface area contributed by atoms with Crippen molar-refractivity contribution in [1.29, 1.82) is 0 Å². The summed E-state index contributed by atoms with van der Waals surface area (Å²) >= 11 is 0. The van der Waals surface area contributed by atoms with Gasteiger partial charge in [0.15, 0.2) is 0 Å². The van der Waals surface area contributed by atoms with Crippen molar-refractivity contribution >= 4 is 11.9 Å². The fourth-order valence-corrected chi connectivity index (χ4v) is 2.50. The van der Waals surface area contributed by atoms with E-state index in [0.29, 0.717) is 12.4 Å². The van der Waals surface area contributed by atoms with E-state index in [4.69, 9.17) is 9.84 Å². The van der Waals surface area contributed by atoms with Gasteiger partial charge in [-0.05, 0) is 42.7 Å². The van der Waals surface area contributed by atoms with Crippen LogP contribution in [0.2, 0.25) is 0 Å². The van der Waals surface area contributed by atoms with Crippen LogP contribution in [0.4, 0.5) is 0 Å². The molecule has 2 N–H and O–H groups in total. The first kappa shape index (κ1) is 18.5. The number of amides is 1. The molecule has 25 heavy (non-hydrogen) atoms. The Kier molecular flexibility index (Phi) is 6.57. The van der Waals surface area contributed by atoms with Crippen molar-refractivity contribution in [3.63, 3.8) is 0 Å². The molecule has 0 saturated heterocycles. The minimum absolute atomic E-state index is 0.0919. The summed E-state index contributed by atoms with van der Waals surface area (Å²) in [6.45, 7) is 4.18. The van der Waals surface area contributed by atoms with Crippen LogP contribution in [-0.4, -0.2) is 23.0 Å². The van der Waals surface area contributed by atoms with Crippen molar-refractivity contribution < 1.29 is 19.4 Å². The van der Waals surface area contributed by atoms with Gasteiger partial charge in [-0.15, -0.1) is 0 Å². The molecule has 0 aliphatic heterocycles. The molecule has 0 aliphatic carbocycles. The zero-order chi connectivity index (χ0) is 18.2. The molecule has 0 saturated carbocycles.